The van der Waals surface area contributed by atoms with Crippen LogP contribution in [0.1, 0.15) is 17.5 Å². The second-order valence-electron chi connectivity index (χ2n) is 9.73. The van der Waals surface area contributed by atoms with Crippen LogP contribution < -0.4 is 10.1 Å². The summed E-state index contributed by atoms with van der Waals surface area (Å²) in [4.78, 5) is 9.70. The average molecular weight is 597 g/mol. The minimum Gasteiger partial charge on any atom is -0.406 e. The smallest absolute Gasteiger partial charge is 0.406 e. The van der Waals surface area contributed by atoms with Gasteiger partial charge in [-0.2, -0.15) is 13.5 Å². The number of aryl methyl sites for hydroxylation is 1. The van der Waals surface area contributed by atoms with Crippen molar-refractivity contribution >= 4 is 26.9 Å². The lowest BCUT2D eigenvalue weighted by Gasteiger charge is -2.38. The first-order chi connectivity index (χ1) is 19.3. The molecular formula is C26H25F5N6O3S. The lowest BCUT2D eigenvalue weighted by Crippen LogP contribution is -2.54. The summed E-state index contributed by atoms with van der Waals surface area (Å²) in [7, 11) is -4.08. The Balaban J connectivity index is 1.25. The number of ether oxygens (including phenoxy) is 1. The van der Waals surface area contributed by atoms with Gasteiger partial charge in [0.2, 0.25) is 0 Å². The third-order valence-corrected chi connectivity index (χ3v) is 8.34. The van der Waals surface area contributed by atoms with E-state index in [1.807, 2.05) is 6.92 Å². The molecule has 0 radical (unpaired) electrons. The summed E-state index contributed by atoms with van der Waals surface area (Å²) < 4.78 is 98.3. The van der Waals surface area contributed by atoms with Crippen LogP contribution in [0.4, 0.5) is 27.8 Å². The van der Waals surface area contributed by atoms with Crippen molar-refractivity contribution in [1.29, 1.82) is 0 Å². The van der Waals surface area contributed by atoms with E-state index in [1.54, 1.807) is 17.0 Å². The van der Waals surface area contributed by atoms with Gasteiger partial charge in [-0.25, -0.2) is 18.7 Å². The van der Waals surface area contributed by atoms with Crippen LogP contribution in [0.2, 0.25) is 0 Å². The molecule has 1 aliphatic heterocycles. The maximum atomic E-state index is 15.2. The fourth-order valence-corrected chi connectivity index (χ4v) is 5.84. The molecule has 0 aliphatic carbocycles. The number of alkyl halides is 5. The van der Waals surface area contributed by atoms with Gasteiger partial charge in [-0.05, 0) is 49.6 Å². The zero-order valence-corrected chi connectivity index (χ0v) is 22.5. The third kappa shape index (κ3) is 6.40. The molecule has 9 nitrogen and oxygen atoms in total. The number of rotatable bonds is 8. The van der Waals surface area contributed by atoms with E-state index in [2.05, 4.69) is 25.1 Å². The van der Waals surface area contributed by atoms with Crippen molar-refractivity contribution in [3.8, 4) is 5.75 Å². The van der Waals surface area contributed by atoms with Crippen LogP contribution in [0.15, 0.2) is 66.0 Å². The Labute approximate surface area is 232 Å². The van der Waals surface area contributed by atoms with Crippen molar-refractivity contribution in [3.05, 3.63) is 72.2 Å². The maximum Gasteiger partial charge on any atom is 0.573 e. The third-order valence-electron chi connectivity index (χ3n) is 6.75. The van der Waals surface area contributed by atoms with E-state index in [-0.39, 0.29) is 40.5 Å². The quantitative estimate of drug-likeness (QED) is 0.294. The molecule has 0 amide bonds. The van der Waals surface area contributed by atoms with E-state index in [1.165, 1.54) is 42.6 Å². The number of nitrogens with zero attached hydrogens (tertiary/aromatic N) is 5. The normalized spacial score (nSPS) is 18.0. The SMILES string of the molecule is Cc1ccc(S(=O)(=O)n2ncc3c(N[C@@H]4CCN(CCc5ccc(OC(F)(F)F)cc5)CC4(F)F)ncnc32)cc1. The Morgan fingerprint density at radius 3 is 2.44 bits per heavy atom. The number of aromatic nitrogens is 4. The summed E-state index contributed by atoms with van der Waals surface area (Å²) in [6.45, 7) is 1.89. The number of fused-ring (bicyclic) bond motifs is 1. The van der Waals surface area contributed by atoms with Gasteiger partial charge >= 0.3 is 6.36 Å². The topological polar surface area (TPSA) is 102 Å². The van der Waals surface area contributed by atoms with Gasteiger partial charge in [-0.3, -0.25) is 4.90 Å². The van der Waals surface area contributed by atoms with Crippen molar-refractivity contribution in [3.63, 3.8) is 0 Å². The molecule has 1 atom stereocenters. The molecule has 1 saturated heterocycles. The van der Waals surface area contributed by atoms with Gasteiger partial charge in [0.1, 0.15) is 17.9 Å². The maximum absolute atomic E-state index is 15.2. The summed E-state index contributed by atoms with van der Waals surface area (Å²) in [5.74, 6) is -3.47. The van der Waals surface area contributed by atoms with Crippen LogP contribution in [0, 0.1) is 6.92 Å². The molecule has 0 spiro atoms. The highest BCUT2D eigenvalue weighted by atomic mass is 32.2. The molecule has 4 aromatic rings. The van der Waals surface area contributed by atoms with Crippen molar-refractivity contribution < 1.29 is 35.1 Å². The molecule has 2 aromatic carbocycles. The summed E-state index contributed by atoms with van der Waals surface area (Å²) in [5, 5.41) is 6.91. The first kappa shape index (κ1) is 28.7. The Bertz CT molecular complexity index is 1630. The number of nitrogens with one attached hydrogen (secondary N) is 1. The van der Waals surface area contributed by atoms with E-state index in [4.69, 9.17) is 0 Å². The number of likely N-dealkylation sites (tertiary alicyclic amines) is 1. The number of piperidine rings is 1. The number of halogens is 5. The average Bonchev–Trinajstić information content (AvgIpc) is 3.35. The first-order valence-corrected chi connectivity index (χ1v) is 14.0. The molecule has 5 rings (SSSR count). The van der Waals surface area contributed by atoms with Crippen LogP contribution in [0.25, 0.3) is 11.0 Å². The number of anilines is 1. The van der Waals surface area contributed by atoms with Gasteiger partial charge in [0.25, 0.3) is 15.9 Å². The van der Waals surface area contributed by atoms with Gasteiger partial charge in [-0.15, -0.1) is 17.3 Å². The van der Waals surface area contributed by atoms with Crippen molar-refractivity contribution in [1.82, 2.24) is 24.1 Å². The molecular weight excluding hydrogens is 571 g/mol. The molecule has 0 saturated carbocycles. The first-order valence-electron chi connectivity index (χ1n) is 12.5. The second-order valence-corrected chi connectivity index (χ2v) is 11.5. The Morgan fingerprint density at radius 2 is 1.78 bits per heavy atom. The number of hydrogen-bond acceptors (Lipinski definition) is 8. The highest BCUT2D eigenvalue weighted by Crippen LogP contribution is 2.32. The number of hydrogen-bond donors (Lipinski definition) is 1. The molecule has 15 heteroatoms. The predicted octanol–water partition coefficient (Wildman–Crippen LogP) is 4.63. The van der Waals surface area contributed by atoms with Gasteiger partial charge in [-0.1, -0.05) is 29.8 Å². The molecule has 41 heavy (non-hydrogen) atoms. The van der Waals surface area contributed by atoms with Crippen LogP contribution in [0.5, 0.6) is 5.75 Å². The minimum absolute atomic E-state index is 0.00529. The van der Waals surface area contributed by atoms with Crippen LogP contribution in [0.3, 0.4) is 0 Å². The summed E-state index contributed by atoms with van der Waals surface area (Å²) in [5.41, 5.74) is 1.52. The van der Waals surface area contributed by atoms with Crippen LogP contribution in [-0.4, -0.2) is 70.4 Å². The molecule has 1 aliphatic rings. The lowest BCUT2D eigenvalue weighted by molar-refractivity contribution is -0.274. The van der Waals surface area contributed by atoms with Gasteiger partial charge in [0.05, 0.1) is 29.1 Å². The molecule has 0 bridgehead atoms. The van der Waals surface area contributed by atoms with E-state index in [9.17, 15) is 21.6 Å². The molecule has 218 valence electrons. The predicted molar refractivity (Wildman–Crippen MR) is 139 cm³/mol. The Morgan fingerprint density at radius 1 is 1.07 bits per heavy atom. The van der Waals surface area contributed by atoms with Crippen LogP contribution >= 0.6 is 0 Å². The van der Waals surface area contributed by atoms with E-state index >= 15 is 8.78 Å². The van der Waals surface area contributed by atoms with Crippen molar-refractivity contribution in [2.24, 2.45) is 0 Å². The van der Waals surface area contributed by atoms with Crippen molar-refractivity contribution in [2.45, 2.75) is 43.0 Å². The van der Waals surface area contributed by atoms with E-state index < -0.39 is 34.9 Å². The summed E-state index contributed by atoms with van der Waals surface area (Å²) >= 11 is 0. The van der Waals surface area contributed by atoms with Gasteiger partial charge < -0.3 is 10.1 Å². The fraction of sp³-hybridized carbons (Fsp3) is 0.346. The minimum atomic E-state index is -4.79. The molecule has 1 N–H and O–H groups in total. The molecule has 3 heterocycles. The fourth-order valence-electron chi connectivity index (χ4n) is 4.61. The zero-order valence-electron chi connectivity index (χ0n) is 21.6. The Kier molecular flexibility index (Phi) is 7.59. The van der Waals surface area contributed by atoms with Gasteiger partial charge in [0.15, 0.2) is 5.65 Å². The molecule has 2 aromatic heterocycles. The van der Waals surface area contributed by atoms with Gasteiger partial charge in [0, 0.05) is 13.1 Å². The highest BCUT2D eigenvalue weighted by molar-refractivity contribution is 7.90. The van der Waals surface area contributed by atoms with E-state index in [0.717, 1.165) is 16.0 Å². The monoisotopic (exact) mass is 596 g/mol. The highest BCUT2D eigenvalue weighted by Gasteiger charge is 2.45. The largest absolute Gasteiger partial charge is 0.573 e. The summed E-state index contributed by atoms with van der Waals surface area (Å²) in [6.07, 6.45) is -2.05. The molecule has 1 fully saturated rings. The zero-order chi connectivity index (χ0) is 29.4. The van der Waals surface area contributed by atoms with Crippen molar-refractivity contribution in [2.75, 3.05) is 25.0 Å². The number of benzene rings is 2. The summed E-state index contributed by atoms with van der Waals surface area (Å²) in [6, 6.07) is 10.2. The lowest BCUT2D eigenvalue weighted by atomic mass is 10.00. The van der Waals surface area contributed by atoms with E-state index in [0.29, 0.717) is 18.5 Å². The molecule has 0 unspecified atom stereocenters. The second kappa shape index (κ2) is 10.9. The Hall–Kier alpha value is -3.85. The standard InChI is InChI=1S/C26H25F5N6O3S/c1-17-2-8-20(9-3-17)41(38,39)37-24-21(14-34-37)23(32-16-33-24)35-22-11-13-36(15-25(22,27)28)12-10-18-4-6-19(7-5-18)40-26(29,30)31/h2-9,14,16,22H,10-13,15H2,1H3,(H,32,33,35)/t22-/m1/s1. The van der Waals surface area contributed by atoms with Crippen LogP contribution in [-0.2, 0) is 16.4 Å².